The molecular formula is C19H25BrN4O2S. The maximum absolute atomic E-state index is 13.2. The normalized spacial score (nSPS) is 18.9. The second-order valence-electron chi connectivity index (χ2n) is 7.65. The van der Waals surface area contributed by atoms with Crippen LogP contribution in [0.25, 0.3) is 0 Å². The van der Waals surface area contributed by atoms with Crippen LogP contribution < -0.4 is 0 Å². The molecular weight excluding hydrogens is 428 g/mol. The molecule has 0 unspecified atom stereocenters. The Morgan fingerprint density at radius 3 is 2.56 bits per heavy atom. The highest BCUT2D eigenvalue weighted by Crippen LogP contribution is 2.35. The lowest BCUT2D eigenvalue weighted by Gasteiger charge is -2.21. The van der Waals surface area contributed by atoms with Gasteiger partial charge in [0.2, 0.25) is 10.0 Å². The molecule has 8 heteroatoms. The van der Waals surface area contributed by atoms with Gasteiger partial charge in [0.25, 0.3) is 0 Å². The van der Waals surface area contributed by atoms with Crippen molar-refractivity contribution in [2.45, 2.75) is 69.0 Å². The van der Waals surface area contributed by atoms with Gasteiger partial charge in [-0.3, -0.25) is 4.68 Å². The van der Waals surface area contributed by atoms with Crippen LogP contribution >= 0.6 is 15.9 Å². The number of hydrogen-bond acceptors (Lipinski definition) is 4. The summed E-state index contributed by atoms with van der Waals surface area (Å²) < 4.78 is 30.5. The van der Waals surface area contributed by atoms with Gasteiger partial charge in [-0.15, -0.1) is 5.10 Å². The van der Waals surface area contributed by atoms with E-state index in [0.29, 0.717) is 21.0 Å². The van der Waals surface area contributed by atoms with Crippen molar-refractivity contribution in [3.05, 3.63) is 40.6 Å². The van der Waals surface area contributed by atoms with Crippen LogP contribution in [-0.2, 0) is 23.1 Å². The van der Waals surface area contributed by atoms with Crippen LogP contribution in [-0.4, -0.2) is 33.8 Å². The molecule has 0 amide bonds. The lowest BCUT2D eigenvalue weighted by atomic mass is 9.89. The smallest absolute Gasteiger partial charge is 0.244 e. The van der Waals surface area contributed by atoms with E-state index in [9.17, 15) is 8.42 Å². The van der Waals surface area contributed by atoms with E-state index in [4.69, 9.17) is 0 Å². The van der Waals surface area contributed by atoms with Gasteiger partial charge in [-0.05, 0) is 59.7 Å². The van der Waals surface area contributed by atoms with Crippen LogP contribution in [0.2, 0.25) is 0 Å². The van der Waals surface area contributed by atoms with Gasteiger partial charge in [-0.25, -0.2) is 8.42 Å². The quantitative estimate of drug-likeness (QED) is 0.636. The molecule has 2 saturated carbocycles. The zero-order valence-electron chi connectivity index (χ0n) is 15.3. The molecule has 0 N–H and O–H groups in total. The minimum Gasteiger partial charge on any atom is -0.252 e. The molecule has 2 aliphatic rings. The highest BCUT2D eigenvalue weighted by atomic mass is 79.9. The summed E-state index contributed by atoms with van der Waals surface area (Å²) in [6, 6.07) is 7.04. The van der Waals surface area contributed by atoms with Crippen molar-refractivity contribution in [1.82, 2.24) is 19.3 Å². The average molecular weight is 453 g/mol. The first-order valence-corrected chi connectivity index (χ1v) is 11.9. The molecule has 0 atom stereocenters. The Hall–Kier alpha value is -1.25. The van der Waals surface area contributed by atoms with Gasteiger partial charge >= 0.3 is 0 Å². The Kier molecular flexibility index (Phi) is 5.66. The van der Waals surface area contributed by atoms with Crippen molar-refractivity contribution in [2.75, 3.05) is 0 Å². The first kappa shape index (κ1) is 19.1. The van der Waals surface area contributed by atoms with Gasteiger partial charge in [0, 0.05) is 23.3 Å². The number of benzene rings is 1. The number of nitrogens with zero attached hydrogens (tertiary/aromatic N) is 4. The molecule has 0 bridgehead atoms. The van der Waals surface area contributed by atoms with Crippen molar-refractivity contribution in [1.29, 1.82) is 0 Å². The fraction of sp³-hybridized carbons (Fsp3) is 0.579. The summed E-state index contributed by atoms with van der Waals surface area (Å²) in [5.41, 5.74) is 0.716. The fourth-order valence-corrected chi connectivity index (χ4v) is 6.47. The van der Waals surface area contributed by atoms with Crippen LogP contribution in [0.4, 0.5) is 0 Å². The predicted molar refractivity (Wildman–Crippen MR) is 106 cm³/mol. The Balaban J connectivity index is 1.50. The number of sulfonamides is 1. The van der Waals surface area contributed by atoms with Crippen molar-refractivity contribution in [2.24, 2.45) is 5.92 Å². The van der Waals surface area contributed by atoms with E-state index < -0.39 is 10.0 Å². The van der Waals surface area contributed by atoms with E-state index in [1.165, 1.54) is 32.1 Å². The number of hydrogen-bond donors (Lipinski definition) is 0. The minimum atomic E-state index is -3.58. The standard InChI is InChI=1S/C19H25BrN4O2S/c20-18-8-4-5-9-19(18)27(25,26)24(17-10-11-17)14-16-13-23(22-21-16)12-15-6-2-1-3-7-15/h4-5,8-9,13,15,17H,1-3,6-7,10-12,14H2. The fourth-order valence-electron chi connectivity index (χ4n) is 3.85. The summed E-state index contributed by atoms with van der Waals surface area (Å²) in [6.45, 7) is 1.16. The van der Waals surface area contributed by atoms with E-state index in [0.717, 1.165) is 19.4 Å². The van der Waals surface area contributed by atoms with Crippen molar-refractivity contribution in [3.8, 4) is 0 Å². The molecule has 0 aliphatic heterocycles. The van der Waals surface area contributed by atoms with Crippen molar-refractivity contribution < 1.29 is 8.42 Å². The predicted octanol–water partition coefficient (Wildman–Crippen LogP) is 3.97. The second kappa shape index (κ2) is 8.01. The van der Waals surface area contributed by atoms with Crippen LogP contribution in [0.1, 0.15) is 50.6 Å². The third-order valence-electron chi connectivity index (χ3n) is 5.45. The van der Waals surface area contributed by atoms with Gasteiger partial charge in [-0.2, -0.15) is 4.31 Å². The lowest BCUT2D eigenvalue weighted by Crippen LogP contribution is -2.33. The summed E-state index contributed by atoms with van der Waals surface area (Å²) in [6.07, 6.45) is 10.2. The highest BCUT2D eigenvalue weighted by molar-refractivity contribution is 9.10. The molecule has 2 aliphatic carbocycles. The monoisotopic (exact) mass is 452 g/mol. The molecule has 0 spiro atoms. The minimum absolute atomic E-state index is 0.0607. The lowest BCUT2D eigenvalue weighted by molar-refractivity contribution is 0.305. The molecule has 1 heterocycles. The molecule has 27 heavy (non-hydrogen) atoms. The Morgan fingerprint density at radius 1 is 1.11 bits per heavy atom. The van der Waals surface area contributed by atoms with Crippen LogP contribution in [0.5, 0.6) is 0 Å². The maximum atomic E-state index is 13.2. The maximum Gasteiger partial charge on any atom is 0.244 e. The SMILES string of the molecule is O=S(=O)(c1ccccc1Br)N(Cc1cn(CC2CCCCC2)nn1)C1CC1. The van der Waals surface area contributed by atoms with E-state index in [1.54, 1.807) is 22.5 Å². The molecule has 0 saturated heterocycles. The van der Waals surface area contributed by atoms with E-state index in [1.807, 2.05) is 16.9 Å². The number of rotatable bonds is 7. The molecule has 1 aromatic heterocycles. The second-order valence-corrected chi connectivity index (χ2v) is 10.4. The van der Waals surface area contributed by atoms with Crippen LogP contribution in [0.3, 0.4) is 0 Å². The molecule has 6 nitrogen and oxygen atoms in total. The van der Waals surface area contributed by atoms with E-state index in [-0.39, 0.29) is 12.6 Å². The molecule has 1 aromatic carbocycles. The van der Waals surface area contributed by atoms with Gasteiger partial charge in [0.1, 0.15) is 0 Å². The summed E-state index contributed by atoms with van der Waals surface area (Å²) in [5, 5.41) is 8.51. The van der Waals surface area contributed by atoms with E-state index >= 15 is 0 Å². The zero-order chi connectivity index (χ0) is 18.9. The van der Waals surface area contributed by atoms with Crippen molar-refractivity contribution >= 4 is 26.0 Å². The third-order valence-corrected chi connectivity index (χ3v) is 8.36. The first-order chi connectivity index (χ1) is 13.0. The summed E-state index contributed by atoms with van der Waals surface area (Å²) in [4.78, 5) is 0.312. The topological polar surface area (TPSA) is 68.1 Å². The Labute approximate surface area is 169 Å². The van der Waals surface area contributed by atoms with Gasteiger partial charge in [0.05, 0.1) is 17.1 Å². The van der Waals surface area contributed by atoms with Gasteiger partial charge in [0.15, 0.2) is 0 Å². The number of halogens is 1. The van der Waals surface area contributed by atoms with Crippen molar-refractivity contribution in [3.63, 3.8) is 0 Å². The molecule has 2 fully saturated rings. The molecule has 0 radical (unpaired) electrons. The average Bonchev–Trinajstić information content (AvgIpc) is 3.40. The highest BCUT2D eigenvalue weighted by Gasteiger charge is 2.39. The number of aromatic nitrogens is 3. The van der Waals surface area contributed by atoms with E-state index in [2.05, 4.69) is 26.2 Å². The first-order valence-electron chi connectivity index (χ1n) is 9.69. The van der Waals surface area contributed by atoms with Gasteiger partial charge in [-0.1, -0.05) is 36.6 Å². The third kappa shape index (κ3) is 4.43. The summed E-state index contributed by atoms with van der Waals surface area (Å²) in [7, 11) is -3.58. The molecule has 2 aromatic rings. The van der Waals surface area contributed by atoms with Crippen LogP contribution in [0.15, 0.2) is 39.8 Å². The summed E-state index contributed by atoms with van der Waals surface area (Å²) in [5.74, 6) is 0.664. The molecule has 4 rings (SSSR count). The van der Waals surface area contributed by atoms with Crippen LogP contribution in [0, 0.1) is 5.92 Å². The zero-order valence-corrected chi connectivity index (χ0v) is 17.7. The summed E-state index contributed by atoms with van der Waals surface area (Å²) >= 11 is 3.38. The Morgan fingerprint density at radius 2 is 1.85 bits per heavy atom. The Bertz CT molecular complexity index is 889. The largest absolute Gasteiger partial charge is 0.252 e. The molecule has 146 valence electrons. The van der Waals surface area contributed by atoms with Gasteiger partial charge < -0.3 is 0 Å².